The Morgan fingerprint density at radius 3 is 2.55 bits per heavy atom. The van der Waals surface area contributed by atoms with Crippen molar-refractivity contribution in [1.29, 1.82) is 0 Å². The normalized spacial score (nSPS) is 10.5. The number of pyridine rings is 1. The topological polar surface area (TPSA) is 32.9 Å². The van der Waals surface area contributed by atoms with Gasteiger partial charge in [0, 0.05) is 9.64 Å². The van der Waals surface area contributed by atoms with Gasteiger partial charge in [-0.25, -0.2) is 8.78 Å². The fourth-order valence-corrected chi connectivity index (χ4v) is 1.27. The lowest BCUT2D eigenvalue weighted by Crippen LogP contribution is -2.08. The summed E-state index contributed by atoms with van der Waals surface area (Å²) in [6.45, 7) is 0. The molecule has 60 valence electrons. The van der Waals surface area contributed by atoms with Gasteiger partial charge in [0.25, 0.3) is 6.43 Å². The highest BCUT2D eigenvalue weighted by molar-refractivity contribution is 14.1. The molecule has 0 bridgehead atoms. The molecule has 1 heterocycles. The molecule has 0 radical (unpaired) electrons. The third-order valence-corrected chi connectivity index (χ3v) is 1.69. The van der Waals surface area contributed by atoms with Gasteiger partial charge in [0.15, 0.2) is 0 Å². The summed E-state index contributed by atoms with van der Waals surface area (Å²) >= 11 is 1.81. The van der Waals surface area contributed by atoms with Crippen molar-refractivity contribution in [2.45, 2.75) is 6.43 Å². The molecule has 0 aliphatic heterocycles. The number of aromatic nitrogens is 1. The van der Waals surface area contributed by atoms with E-state index < -0.39 is 12.0 Å². The summed E-state index contributed by atoms with van der Waals surface area (Å²) in [6, 6.07) is 2.50. The number of rotatable bonds is 1. The molecule has 1 aromatic rings. The van der Waals surface area contributed by atoms with Gasteiger partial charge in [-0.05, 0) is 28.7 Å². The van der Waals surface area contributed by atoms with Crippen LogP contribution in [-0.2, 0) is 0 Å². The number of nitrogens with one attached hydrogen (secondary N) is 1. The first-order chi connectivity index (χ1) is 5.09. The highest BCUT2D eigenvalue weighted by Gasteiger charge is 2.07. The molecule has 0 spiro atoms. The average Bonchev–Trinajstić information content (AvgIpc) is 1.85. The van der Waals surface area contributed by atoms with Crippen LogP contribution in [0.3, 0.4) is 0 Å². The molecule has 1 rings (SSSR count). The molecule has 0 aromatic carbocycles. The molecular weight excluding hydrogens is 267 g/mol. The standard InChI is InChI=1S/C6H4F2INO/c7-6(8)4-1-3(9)2-5(11)10-4/h1-2,6H,(H,10,11). The van der Waals surface area contributed by atoms with Gasteiger partial charge in [-0.2, -0.15) is 0 Å². The van der Waals surface area contributed by atoms with E-state index in [4.69, 9.17) is 0 Å². The van der Waals surface area contributed by atoms with Crippen LogP contribution in [0.2, 0.25) is 0 Å². The second kappa shape index (κ2) is 3.29. The SMILES string of the molecule is O=c1cc(I)cc(C(F)F)[nH]1. The van der Waals surface area contributed by atoms with Gasteiger partial charge < -0.3 is 4.98 Å². The molecule has 0 saturated carbocycles. The third-order valence-electron chi connectivity index (χ3n) is 1.07. The lowest BCUT2D eigenvalue weighted by atomic mass is 10.4. The van der Waals surface area contributed by atoms with Crippen LogP contribution in [0.5, 0.6) is 0 Å². The first kappa shape index (κ1) is 8.63. The molecule has 2 nitrogen and oxygen atoms in total. The Kier molecular flexibility index (Phi) is 2.58. The second-order valence-corrected chi connectivity index (χ2v) is 3.16. The largest absolute Gasteiger partial charge is 0.321 e. The zero-order valence-electron chi connectivity index (χ0n) is 5.27. The smallest absolute Gasteiger partial charge is 0.278 e. The van der Waals surface area contributed by atoms with E-state index in [2.05, 4.69) is 0 Å². The Labute approximate surface area is 74.8 Å². The van der Waals surface area contributed by atoms with Crippen molar-refractivity contribution in [3.8, 4) is 0 Å². The summed E-state index contributed by atoms with van der Waals surface area (Å²) in [5, 5.41) is 0. The highest BCUT2D eigenvalue weighted by Crippen LogP contribution is 2.15. The average molecular weight is 271 g/mol. The van der Waals surface area contributed by atoms with Crippen LogP contribution in [0.1, 0.15) is 12.1 Å². The van der Waals surface area contributed by atoms with Gasteiger partial charge >= 0.3 is 0 Å². The number of alkyl halides is 2. The van der Waals surface area contributed by atoms with Crippen LogP contribution < -0.4 is 5.56 Å². The minimum atomic E-state index is -2.61. The summed E-state index contributed by atoms with van der Waals surface area (Å²) < 4.78 is 24.4. The zero-order valence-corrected chi connectivity index (χ0v) is 7.43. The Bertz CT molecular complexity index is 310. The van der Waals surface area contributed by atoms with Crippen molar-refractivity contribution in [3.63, 3.8) is 0 Å². The Morgan fingerprint density at radius 1 is 1.45 bits per heavy atom. The lowest BCUT2D eigenvalue weighted by Gasteiger charge is -1.97. The van der Waals surface area contributed by atoms with Crippen molar-refractivity contribution < 1.29 is 8.78 Å². The van der Waals surface area contributed by atoms with Crippen LogP contribution in [0.4, 0.5) is 8.78 Å². The van der Waals surface area contributed by atoms with Crippen LogP contribution >= 0.6 is 22.6 Å². The fourth-order valence-electron chi connectivity index (χ4n) is 0.647. The fraction of sp³-hybridized carbons (Fsp3) is 0.167. The summed E-state index contributed by atoms with van der Waals surface area (Å²) in [4.78, 5) is 12.7. The van der Waals surface area contributed by atoms with Crippen molar-refractivity contribution in [2.24, 2.45) is 0 Å². The van der Waals surface area contributed by atoms with Crippen LogP contribution in [-0.4, -0.2) is 4.98 Å². The van der Waals surface area contributed by atoms with Gasteiger partial charge in [0.2, 0.25) is 5.56 Å². The summed E-state index contributed by atoms with van der Waals surface area (Å²) in [5.74, 6) is 0. The van der Waals surface area contributed by atoms with E-state index in [-0.39, 0.29) is 5.69 Å². The van der Waals surface area contributed by atoms with E-state index in [0.717, 1.165) is 0 Å². The third kappa shape index (κ3) is 2.25. The number of aromatic amines is 1. The maximum Gasteiger partial charge on any atom is 0.278 e. The van der Waals surface area contributed by atoms with E-state index in [9.17, 15) is 13.6 Å². The maximum atomic E-state index is 12.0. The minimum absolute atomic E-state index is 0.332. The number of H-pyrrole nitrogens is 1. The summed E-state index contributed by atoms with van der Waals surface area (Å²) in [7, 11) is 0. The minimum Gasteiger partial charge on any atom is -0.321 e. The Balaban J connectivity index is 3.19. The first-order valence-electron chi connectivity index (χ1n) is 2.77. The van der Waals surface area contributed by atoms with Crippen molar-refractivity contribution in [1.82, 2.24) is 4.98 Å². The van der Waals surface area contributed by atoms with Gasteiger partial charge in [-0.3, -0.25) is 4.79 Å². The first-order valence-corrected chi connectivity index (χ1v) is 3.85. The monoisotopic (exact) mass is 271 g/mol. The van der Waals surface area contributed by atoms with E-state index in [1.54, 1.807) is 0 Å². The predicted molar refractivity (Wildman–Crippen MR) is 44.7 cm³/mol. The molecule has 0 aliphatic rings. The number of hydrogen-bond acceptors (Lipinski definition) is 1. The molecule has 0 amide bonds. The second-order valence-electron chi connectivity index (χ2n) is 1.92. The number of hydrogen-bond donors (Lipinski definition) is 1. The lowest BCUT2D eigenvalue weighted by molar-refractivity contribution is 0.145. The van der Waals surface area contributed by atoms with E-state index in [1.165, 1.54) is 12.1 Å². The highest BCUT2D eigenvalue weighted by atomic mass is 127. The molecule has 0 aliphatic carbocycles. The van der Waals surface area contributed by atoms with E-state index in [1.807, 2.05) is 27.6 Å². The van der Waals surface area contributed by atoms with Crippen LogP contribution in [0, 0.1) is 3.57 Å². The maximum absolute atomic E-state index is 12.0. The quantitative estimate of drug-likeness (QED) is 0.777. The molecule has 0 fully saturated rings. The van der Waals surface area contributed by atoms with E-state index >= 15 is 0 Å². The van der Waals surface area contributed by atoms with E-state index in [0.29, 0.717) is 3.57 Å². The molecule has 1 aromatic heterocycles. The number of halogens is 3. The predicted octanol–water partition coefficient (Wildman–Crippen LogP) is 1.92. The Morgan fingerprint density at radius 2 is 2.09 bits per heavy atom. The van der Waals surface area contributed by atoms with Gasteiger partial charge in [-0.1, -0.05) is 0 Å². The Hall–Kier alpha value is -0.460. The summed E-state index contributed by atoms with van der Waals surface area (Å²) in [5.41, 5.74) is -0.825. The summed E-state index contributed by atoms with van der Waals surface area (Å²) in [6.07, 6.45) is -2.61. The van der Waals surface area contributed by atoms with Gasteiger partial charge in [-0.15, -0.1) is 0 Å². The van der Waals surface area contributed by atoms with Crippen molar-refractivity contribution in [2.75, 3.05) is 0 Å². The molecular formula is C6H4F2INO. The van der Waals surface area contributed by atoms with Crippen LogP contribution in [0.15, 0.2) is 16.9 Å². The zero-order chi connectivity index (χ0) is 8.43. The van der Waals surface area contributed by atoms with Crippen molar-refractivity contribution >= 4 is 22.6 Å². The van der Waals surface area contributed by atoms with Crippen LogP contribution in [0.25, 0.3) is 0 Å². The molecule has 0 saturated heterocycles. The molecule has 0 atom stereocenters. The molecule has 0 unspecified atom stereocenters. The molecule has 11 heavy (non-hydrogen) atoms. The van der Waals surface area contributed by atoms with Crippen molar-refractivity contribution in [3.05, 3.63) is 31.8 Å². The molecule has 1 N–H and O–H groups in total. The van der Waals surface area contributed by atoms with Gasteiger partial charge in [0.1, 0.15) is 0 Å². The molecule has 5 heteroatoms. The van der Waals surface area contributed by atoms with Gasteiger partial charge in [0.05, 0.1) is 5.69 Å².